The fraction of sp³-hybridized carbons (Fsp3) is 0.304. The zero-order valence-corrected chi connectivity index (χ0v) is 19.0. The van der Waals surface area contributed by atoms with Crippen LogP contribution in [0.4, 0.5) is 0 Å². The summed E-state index contributed by atoms with van der Waals surface area (Å²) in [6.07, 6.45) is 4.05. The van der Waals surface area contributed by atoms with Gasteiger partial charge in [0.25, 0.3) is 0 Å². The van der Waals surface area contributed by atoms with E-state index in [1.807, 2.05) is 42.5 Å². The number of hydrogen-bond donors (Lipinski definition) is 1. The predicted octanol–water partition coefficient (Wildman–Crippen LogP) is 5.80. The van der Waals surface area contributed by atoms with Crippen LogP contribution >= 0.6 is 35.4 Å². The van der Waals surface area contributed by atoms with Crippen molar-refractivity contribution < 1.29 is 9.15 Å². The number of rotatable bonds is 5. The highest BCUT2D eigenvalue weighted by Gasteiger charge is 2.42. The van der Waals surface area contributed by atoms with Crippen molar-refractivity contribution in [2.24, 2.45) is 0 Å². The fourth-order valence-electron chi connectivity index (χ4n) is 4.27. The van der Waals surface area contributed by atoms with Crippen LogP contribution < -0.4 is 5.32 Å². The molecule has 31 heavy (non-hydrogen) atoms. The molecular weight excluding hydrogens is 453 g/mol. The Labute approximate surface area is 196 Å². The van der Waals surface area contributed by atoms with Crippen molar-refractivity contribution >= 4 is 40.5 Å². The van der Waals surface area contributed by atoms with Gasteiger partial charge in [-0.2, -0.15) is 0 Å². The highest BCUT2D eigenvalue weighted by Crippen LogP contribution is 2.42. The molecule has 3 atom stereocenters. The Morgan fingerprint density at radius 1 is 1.13 bits per heavy atom. The molecule has 2 aliphatic rings. The van der Waals surface area contributed by atoms with Crippen molar-refractivity contribution in [3.8, 4) is 11.3 Å². The zero-order valence-electron chi connectivity index (χ0n) is 16.6. The summed E-state index contributed by atoms with van der Waals surface area (Å²) in [6, 6.07) is 15.0. The van der Waals surface area contributed by atoms with Crippen molar-refractivity contribution in [1.82, 2.24) is 15.2 Å². The largest absolute Gasteiger partial charge is 0.459 e. The molecule has 3 aromatic rings. The van der Waals surface area contributed by atoms with Gasteiger partial charge in [-0.05, 0) is 61.5 Å². The maximum Gasteiger partial charge on any atom is 0.170 e. The fourth-order valence-corrected chi connectivity index (χ4v) is 4.98. The second-order valence-corrected chi connectivity index (χ2v) is 8.89. The quantitative estimate of drug-likeness (QED) is 0.472. The summed E-state index contributed by atoms with van der Waals surface area (Å²) in [5.41, 5.74) is 1.66. The minimum atomic E-state index is -0.154. The SMILES string of the molecule is S=C1N[C@H](c2ccccn2)[C@@H](c2ccc(-c3cccc(Cl)c3Cl)o2)N1C[C@@H]1CCCO1. The molecule has 4 heterocycles. The molecule has 0 radical (unpaired) electrons. The maximum absolute atomic E-state index is 6.42. The molecule has 2 aromatic heterocycles. The van der Waals surface area contributed by atoms with Gasteiger partial charge in [-0.15, -0.1) is 0 Å². The summed E-state index contributed by atoms with van der Waals surface area (Å²) < 4.78 is 12.2. The van der Waals surface area contributed by atoms with Crippen LogP contribution in [-0.2, 0) is 4.74 Å². The second kappa shape index (κ2) is 8.79. The second-order valence-electron chi connectivity index (χ2n) is 7.72. The summed E-state index contributed by atoms with van der Waals surface area (Å²) in [5.74, 6) is 1.45. The summed E-state index contributed by atoms with van der Waals surface area (Å²) in [4.78, 5) is 6.73. The van der Waals surface area contributed by atoms with E-state index in [0.717, 1.165) is 36.5 Å². The lowest BCUT2D eigenvalue weighted by molar-refractivity contribution is 0.0818. The average molecular weight is 474 g/mol. The van der Waals surface area contributed by atoms with Gasteiger partial charge >= 0.3 is 0 Å². The van der Waals surface area contributed by atoms with Gasteiger partial charge < -0.3 is 19.4 Å². The normalized spacial score (nSPS) is 23.4. The van der Waals surface area contributed by atoms with Crippen LogP contribution in [-0.4, -0.2) is 34.3 Å². The lowest BCUT2D eigenvalue weighted by Gasteiger charge is -2.28. The molecule has 0 spiro atoms. The van der Waals surface area contributed by atoms with Gasteiger partial charge in [0.2, 0.25) is 0 Å². The predicted molar refractivity (Wildman–Crippen MR) is 125 cm³/mol. The maximum atomic E-state index is 6.42. The molecule has 1 N–H and O–H groups in total. The van der Waals surface area contributed by atoms with Crippen LogP contribution in [0.1, 0.15) is 36.4 Å². The lowest BCUT2D eigenvalue weighted by atomic mass is 10.0. The number of furan rings is 1. The Bertz CT molecular complexity index is 1090. The molecule has 160 valence electrons. The van der Waals surface area contributed by atoms with E-state index >= 15 is 0 Å². The average Bonchev–Trinajstić information content (AvgIpc) is 3.52. The van der Waals surface area contributed by atoms with Crippen LogP contribution in [0, 0.1) is 0 Å². The van der Waals surface area contributed by atoms with E-state index in [2.05, 4.69) is 15.2 Å². The first-order valence-electron chi connectivity index (χ1n) is 10.3. The van der Waals surface area contributed by atoms with Gasteiger partial charge in [0.1, 0.15) is 17.6 Å². The van der Waals surface area contributed by atoms with Crippen molar-refractivity contribution in [3.05, 3.63) is 76.2 Å². The minimum Gasteiger partial charge on any atom is -0.459 e. The van der Waals surface area contributed by atoms with Gasteiger partial charge in [0.15, 0.2) is 5.11 Å². The van der Waals surface area contributed by atoms with Crippen LogP contribution in [0.25, 0.3) is 11.3 Å². The van der Waals surface area contributed by atoms with E-state index in [0.29, 0.717) is 27.5 Å². The van der Waals surface area contributed by atoms with Gasteiger partial charge in [-0.3, -0.25) is 4.98 Å². The number of ether oxygens (including phenoxy) is 1. The summed E-state index contributed by atoms with van der Waals surface area (Å²) in [7, 11) is 0. The number of nitrogens with zero attached hydrogens (tertiary/aromatic N) is 2. The summed E-state index contributed by atoms with van der Waals surface area (Å²) in [5, 5.41) is 5.09. The topological polar surface area (TPSA) is 50.5 Å². The van der Waals surface area contributed by atoms with E-state index in [4.69, 9.17) is 44.6 Å². The first kappa shape index (κ1) is 20.8. The molecule has 5 rings (SSSR count). The number of pyridine rings is 1. The Hall–Kier alpha value is -2.12. The Kier molecular flexibility index (Phi) is 5.89. The molecule has 0 saturated carbocycles. The molecule has 0 unspecified atom stereocenters. The van der Waals surface area contributed by atoms with Gasteiger partial charge in [0.05, 0.1) is 27.9 Å². The first-order valence-corrected chi connectivity index (χ1v) is 11.4. The molecule has 1 aromatic carbocycles. The minimum absolute atomic E-state index is 0.135. The van der Waals surface area contributed by atoms with Crippen molar-refractivity contribution in [1.29, 1.82) is 0 Å². The van der Waals surface area contributed by atoms with Crippen molar-refractivity contribution in [3.63, 3.8) is 0 Å². The Morgan fingerprint density at radius 2 is 2.03 bits per heavy atom. The van der Waals surface area contributed by atoms with E-state index < -0.39 is 0 Å². The number of nitrogens with one attached hydrogen (secondary N) is 1. The monoisotopic (exact) mass is 473 g/mol. The van der Waals surface area contributed by atoms with E-state index in [-0.39, 0.29) is 18.2 Å². The van der Waals surface area contributed by atoms with Crippen LogP contribution in [0.15, 0.2) is 59.1 Å². The Balaban J connectivity index is 1.52. The molecule has 2 fully saturated rings. The van der Waals surface area contributed by atoms with E-state index in [9.17, 15) is 0 Å². The number of benzene rings is 1. The number of hydrogen-bond acceptors (Lipinski definition) is 4. The lowest BCUT2D eigenvalue weighted by Crippen LogP contribution is -2.36. The molecule has 5 nitrogen and oxygen atoms in total. The number of halogens is 2. The highest BCUT2D eigenvalue weighted by molar-refractivity contribution is 7.80. The molecule has 0 aliphatic carbocycles. The van der Waals surface area contributed by atoms with Crippen LogP contribution in [0.3, 0.4) is 0 Å². The van der Waals surface area contributed by atoms with Gasteiger partial charge in [-0.1, -0.05) is 35.3 Å². The first-order chi connectivity index (χ1) is 15.1. The van der Waals surface area contributed by atoms with Crippen LogP contribution in [0.5, 0.6) is 0 Å². The molecule has 2 saturated heterocycles. The molecule has 0 amide bonds. The third kappa shape index (κ3) is 4.05. The smallest absolute Gasteiger partial charge is 0.170 e. The van der Waals surface area contributed by atoms with E-state index in [1.165, 1.54) is 0 Å². The molecular formula is C23H21Cl2N3O2S. The molecule has 8 heteroatoms. The van der Waals surface area contributed by atoms with Gasteiger partial charge in [-0.25, -0.2) is 0 Å². The number of thiocarbonyl (C=S) groups is 1. The zero-order chi connectivity index (χ0) is 21.4. The summed E-state index contributed by atoms with van der Waals surface area (Å²) in [6.45, 7) is 1.50. The summed E-state index contributed by atoms with van der Waals surface area (Å²) >= 11 is 18.4. The third-order valence-electron chi connectivity index (χ3n) is 5.76. The third-order valence-corrected chi connectivity index (χ3v) is 6.93. The van der Waals surface area contributed by atoms with Crippen LogP contribution in [0.2, 0.25) is 10.0 Å². The molecule has 2 aliphatic heterocycles. The number of aromatic nitrogens is 1. The van der Waals surface area contributed by atoms with E-state index in [1.54, 1.807) is 12.3 Å². The standard InChI is InChI=1S/C23H21Cl2N3O2S/c24-16-7-3-6-15(20(16)25)18-9-10-19(30-18)22-21(17-8-1-2-11-26-17)27-23(31)28(22)13-14-5-4-12-29-14/h1-3,6-11,14,21-22H,4-5,12-13H2,(H,27,31)/t14-,21+,22+/m0/s1. The van der Waals surface area contributed by atoms with Crippen molar-refractivity contribution in [2.45, 2.75) is 31.0 Å². The van der Waals surface area contributed by atoms with Gasteiger partial charge in [0, 0.05) is 24.9 Å². The highest BCUT2D eigenvalue weighted by atomic mass is 35.5. The molecule has 0 bridgehead atoms. The van der Waals surface area contributed by atoms with Crippen molar-refractivity contribution in [2.75, 3.05) is 13.2 Å². The Morgan fingerprint density at radius 3 is 2.81 bits per heavy atom.